The molecule has 0 radical (unpaired) electrons. The van der Waals surface area contributed by atoms with E-state index in [2.05, 4.69) is 79.3 Å². The molecule has 4 nitrogen and oxygen atoms in total. The second-order valence-electron chi connectivity index (χ2n) is 9.88. The molecule has 1 heterocycles. The molecule has 0 saturated carbocycles. The first-order chi connectivity index (χ1) is 17.1. The molecule has 0 bridgehead atoms. The van der Waals surface area contributed by atoms with E-state index in [1.54, 1.807) is 0 Å². The second kappa shape index (κ2) is 13.7. The van der Waals surface area contributed by atoms with Gasteiger partial charge in [0.15, 0.2) is 0 Å². The minimum Gasteiger partial charge on any atom is -0.495 e. The fourth-order valence-corrected chi connectivity index (χ4v) is 5.17. The van der Waals surface area contributed by atoms with Gasteiger partial charge in [0, 0.05) is 60.8 Å². The molecule has 3 aromatic rings. The summed E-state index contributed by atoms with van der Waals surface area (Å²) < 4.78 is 8.43. The molecule has 4 heteroatoms. The first kappa shape index (κ1) is 27.2. The third-order valence-corrected chi connectivity index (χ3v) is 7.30. The number of aryl methyl sites for hydroxylation is 1. The highest BCUT2D eigenvalue weighted by Crippen LogP contribution is 2.40. The van der Waals surface area contributed by atoms with Crippen molar-refractivity contribution in [3.8, 4) is 5.75 Å². The van der Waals surface area contributed by atoms with Crippen LogP contribution >= 0.6 is 0 Å². The SMILES string of the molecule is CCCCN(CCCC)c1ccc2c(c1)c1cc(N(CCCC)CCCC)c(OC)cc1n2CC. The van der Waals surface area contributed by atoms with Crippen molar-refractivity contribution in [1.82, 2.24) is 4.57 Å². The molecule has 2 aromatic carbocycles. The van der Waals surface area contributed by atoms with Crippen LogP contribution in [0.25, 0.3) is 21.8 Å². The van der Waals surface area contributed by atoms with Crippen molar-refractivity contribution < 1.29 is 4.74 Å². The van der Waals surface area contributed by atoms with Crippen LogP contribution in [-0.4, -0.2) is 37.9 Å². The van der Waals surface area contributed by atoms with Gasteiger partial charge in [-0.15, -0.1) is 0 Å². The Bertz CT molecular complexity index is 1040. The van der Waals surface area contributed by atoms with Crippen molar-refractivity contribution in [2.24, 2.45) is 0 Å². The molecule has 0 aliphatic heterocycles. The molecule has 35 heavy (non-hydrogen) atoms. The highest BCUT2D eigenvalue weighted by Gasteiger charge is 2.19. The Morgan fingerprint density at radius 3 is 1.71 bits per heavy atom. The molecule has 194 valence electrons. The zero-order valence-electron chi connectivity index (χ0n) is 23.3. The Balaban J connectivity index is 2.17. The monoisotopic (exact) mass is 479 g/mol. The number of aromatic nitrogens is 1. The summed E-state index contributed by atoms with van der Waals surface area (Å²) in [4.78, 5) is 5.15. The van der Waals surface area contributed by atoms with E-state index < -0.39 is 0 Å². The number of hydrogen-bond acceptors (Lipinski definition) is 3. The van der Waals surface area contributed by atoms with Gasteiger partial charge in [-0.3, -0.25) is 0 Å². The van der Waals surface area contributed by atoms with Crippen molar-refractivity contribution >= 4 is 33.2 Å². The summed E-state index contributed by atoms with van der Waals surface area (Å²) in [6.45, 7) is 16.8. The highest BCUT2D eigenvalue weighted by atomic mass is 16.5. The fraction of sp³-hybridized carbons (Fsp3) is 0.613. The third kappa shape index (κ3) is 6.26. The number of benzene rings is 2. The van der Waals surface area contributed by atoms with E-state index in [9.17, 15) is 0 Å². The van der Waals surface area contributed by atoms with Crippen LogP contribution < -0.4 is 14.5 Å². The fourth-order valence-electron chi connectivity index (χ4n) is 5.17. The van der Waals surface area contributed by atoms with E-state index in [0.29, 0.717) is 0 Å². The van der Waals surface area contributed by atoms with Crippen molar-refractivity contribution in [2.45, 2.75) is 92.5 Å². The molecule has 0 atom stereocenters. The Morgan fingerprint density at radius 1 is 0.657 bits per heavy atom. The number of unbranched alkanes of at least 4 members (excludes halogenated alkanes) is 4. The van der Waals surface area contributed by atoms with Crippen molar-refractivity contribution in [2.75, 3.05) is 43.1 Å². The minimum atomic E-state index is 0.951. The summed E-state index contributed by atoms with van der Waals surface area (Å²) >= 11 is 0. The lowest BCUT2D eigenvalue weighted by Gasteiger charge is -2.27. The molecule has 0 unspecified atom stereocenters. The molecule has 0 fully saturated rings. The quantitative estimate of drug-likeness (QED) is 0.205. The number of fused-ring (bicyclic) bond motifs is 3. The van der Waals surface area contributed by atoms with Gasteiger partial charge in [-0.1, -0.05) is 53.4 Å². The van der Waals surface area contributed by atoms with Gasteiger partial charge in [-0.25, -0.2) is 0 Å². The molecule has 0 N–H and O–H groups in total. The average Bonchev–Trinajstić information content (AvgIpc) is 3.20. The van der Waals surface area contributed by atoms with E-state index in [-0.39, 0.29) is 0 Å². The number of nitrogens with zero attached hydrogens (tertiary/aromatic N) is 3. The Kier molecular flexibility index (Phi) is 10.6. The number of methoxy groups -OCH3 is 1. The first-order valence-corrected chi connectivity index (χ1v) is 14.3. The van der Waals surface area contributed by atoms with Gasteiger partial charge in [0.1, 0.15) is 5.75 Å². The van der Waals surface area contributed by atoms with Crippen LogP contribution in [0.15, 0.2) is 30.3 Å². The topological polar surface area (TPSA) is 20.6 Å². The number of rotatable bonds is 16. The van der Waals surface area contributed by atoms with Gasteiger partial charge in [-0.2, -0.15) is 0 Å². The van der Waals surface area contributed by atoms with E-state index in [1.165, 1.54) is 84.5 Å². The smallest absolute Gasteiger partial charge is 0.144 e. The maximum absolute atomic E-state index is 5.98. The molecule has 0 spiro atoms. The van der Waals surface area contributed by atoms with Gasteiger partial charge in [-0.05, 0) is 56.9 Å². The molecule has 0 amide bonds. The lowest BCUT2D eigenvalue weighted by Crippen LogP contribution is -2.26. The van der Waals surface area contributed by atoms with Crippen LogP contribution in [0.4, 0.5) is 11.4 Å². The lowest BCUT2D eigenvalue weighted by atomic mass is 10.1. The van der Waals surface area contributed by atoms with Gasteiger partial charge >= 0.3 is 0 Å². The van der Waals surface area contributed by atoms with Gasteiger partial charge in [0.05, 0.1) is 18.3 Å². The maximum atomic E-state index is 5.98. The van der Waals surface area contributed by atoms with E-state index >= 15 is 0 Å². The number of ether oxygens (including phenoxy) is 1. The zero-order valence-corrected chi connectivity index (χ0v) is 23.3. The van der Waals surface area contributed by atoms with Crippen LogP contribution in [0.1, 0.15) is 86.0 Å². The summed E-state index contributed by atoms with van der Waals surface area (Å²) in [6.07, 6.45) is 9.76. The second-order valence-corrected chi connectivity index (χ2v) is 9.88. The number of hydrogen-bond donors (Lipinski definition) is 0. The molecule has 3 rings (SSSR count). The predicted octanol–water partition coefficient (Wildman–Crippen LogP) is 8.64. The predicted molar refractivity (Wildman–Crippen MR) is 156 cm³/mol. The standard InChI is InChI=1S/C31H49N3O/c1-7-12-18-32(19-13-8-2)25-16-17-28-26(22-25)27-23-30(33(20-14-9-3)21-15-10-4)31(35-6)24-29(27)34(28)11-5/h16-17,22-24H,7-15,18-21H2,1-6H3. The molecule has 0 aliphatic rings. The summed E-state index contributed by atoms with van der Waals surface area (Å²) in [5.74, 6) is 0.995. The highest BCUT2D eigenvalue weighted by molar-refractivity contribution is 6.11. The zero-order chi connectivity index (χ0) is 25.2. The Hall–Kier alpha value is -2.36. The molecule has 1 aromatic heterocycles. The molecular formula is C31H49N3O. The number of anilines is 2. The molecule has 0 saturated heterocycles. The van der Waals surface area contributed by atoms with Gasteiger partial charge in [0.2, 0.25) is 0 Å². The van der Waals surface area contributed by atoms with Crippen molar-refractivity contribution in [1.29, 1.82) is 0 Å². The van der Waals surface area contributed by atoms with E-state index in [0.717, 1.165) is 38.5 Å². The molecular weight excluding hydrogens is 430 g/mol. The normalized spacial score (nSPS) is 11.5. The largest absolute Gasteiger partial charge is 0.495 e. The summed E-state index contributed by atoms with van der Waals surface area (Å²) in [5.41, 5.74) is 5.21. The van der Waals surface area contributed by atoms with Crippen LogP contribution in [0, 0.1) is 0 Å². The van der Waals surface area contributed by atoms with E-state index in [1.807, 2.05) is 7.11 Å². The average molecular weight is 480 g/mol. The minimum absolute atomic E-state index is 0.951. The van der Waals surface area contributed by atoms with Gasteiger partial charge < -0.3 is 19.1 Å². The van der Waals surface area contributed by atoms with Crippen molar-refractivity contribution in [3.63, 3.8) is 0 Å². The first-order valence-electron chi connectivity index (χ1n) is 14.3. The summed E-state index contributed by atoms with van der Waals surface area (Å²) in [5, 5.41) is 2.72. The van der Waals surface area contributed by atoms with E-state index in [4.69, 9.17) is 4.74 Å². The third-order valence-electron chi connectivity index (χ3n) is 7.30. The lowest BCUT2D eigenvalue weighted by molar-refractivity contribution is 0.414. The van der Waals surface area contributed by atoms with Gasteiger partial charge in [0.25, 0.3) is 0 Å². The maximum Gasteiger partial charge on any atom is 0.144 e. The van der Waals surface area contributed by atoms with Crippen LogP contribution in [-0.2, 0) is 6.54 Å². The Morgan fingerprint density at radius 2 is 1.20 bits per heavy atom. The molecule has 0 aliphatic carbocycles. The summed E-state index contributed by atoms with van der Waals surface area (Å²) in [6, 6.07) is 11.8. The van der Waals surface area contributed by atoms with Crippen LogP contribution in [0.2, 0.25) is 0 Å². The summed E-state index contributed by atoms with van der Waals surface area (Å²) in [7, 11) is 1.82. The van der Waals surface area contributed by atoms with Crippen LogP contribution in [0.3, 0.4) is 0 Å². The van der Waals surface area contributed by atoms with Crippen LogP contribution in [0.5, 0.6) is 5.75 Å². The Labute approximate surface area is 214 Å². The van der Waals surface area contributed by atoms with Crippen molar-refractivity contribution in [3.05, 3.63) is 30.3 Å².